The summed E-state index contributed by atoms with van der Waals surface area (Å²) in [6.45, 7) is 2.10. The summed E-state index contributed by atoms with van der Waals surface area (Å²) in [4.78, 5) is 0. The minimum atomic E-state index is 0. The molecule has 1 aromatic carbocycles. The lowest BCUT2D eigenvalue weighted by molar-refractivity contribution is 0.334. The lowest BCUT2D eigenvalue weighted by Gasteiger charge is -2.09. The normalized spacial score (nSPS) is 20.7. The Morgan fingerprint density at radius 3 is 2.50 bits per heavy atom. The Morgan fingerprint density at radius 1 is 1.25 bits per heavy atom. The second-order valence-electron chi connectivity index (χ2n) is 4.43. The van der Waals surface area contributed by atoms with Crippen molar-refractivity contribution in [2.45, 2.75) is 19.3 Å². The van der Waals surface area contributed by atoms with E-state index in [0.717, 1.165) is 31.1 Å². The van der Waals surface area contributed by atoms with E-state index >= 15 is 0 Å². The average molecular weight is 242 g/mol. The van der Waals surface area contributed by atoms with Crippen LogP contribution in [-0.4, -0.2) is 18.1 Å². The molecule has 1 aliphatic rings. The number of aryl methyl sites for hydroxylation is 1. The molecule has 16 heavy (non-hydrogen) atoms. The SMILES string of the molecule is Cl.Nc1ccc(CCC2CCN(N)C2)cc1. The zero-order valence-corrected chi connectivity index (χ0v) is 10.2. The van der Waals surface area contributed by atoms with Crippen molar-refractivity contribution < 1.29 is 0 Å². The number of benzene rings is 1. The van der Waals surface area contributed by atoms with E-state index in [1.54, 1.807) is 0 Å². The van der Waals surface area contributed by atoms with E-state index in [2.05, 4.69) is 12.1 Å². The van der Waals surface area contributed by atoms with E-state index in [4.69, 9.17) is 11.6 Å². The predicted molar refractivity (Wildman–Crippen MR) is 70.3 cm³/mol. The van der Waals surface area contributed by atoms with Crippen LogP contribution < -0.4 is 11.6 Å². The van der Waals surface area contributed by atoms with E-state index in [9.17, 15) is 0 Å². The molecule has 2 rings (SSSR count). The van der Waals surface area contributed by atoms with Crippen LogP contribution in [0.3, 0.4) is 0 Å². The van der Waals surface area contributed by atoms with Gasteiger partial charge in [-0.15, -0.1) is 12.4 Å². The van der Waals surface area contributed by atoms with Gasteiger partial charge in [0.05, 0.1) is 0 Å². The van der Waals surface area contributed by atoms with Gasteiger partial charge in [0.1, 0.15) is 0 Å². The van der Waals surface area contributed by atoms with Crippen molar-refractivity contribution in [1.29, 1.82) is 0 Å². The minimum Gasteiger partial charge on any atom is -0.399 e. The van der Waals surface area contributed by atoms with E-state index in [1.807, 2.05) is 17.1 Å². The van der Waals surface area contributed by atoms with Crippen LogP contribution in [0.4, 0.5) is 5.69 Å². The standard InChI is InChI=1S/C12H19N3.ClH/c13-12-5-3-10(4-6-12)1-2-11-7-8-15(14)9-11;/h3-6,11H,1-2,7-9,13-14H2;1H. The third-order valence-electron chi connectivity index (χ3n) is 3.14. The van der Waals surface area contributed by atoms with Crippen LogP contribution in [-0.2, 0) is 6.42 Å². The number of anilines is 1. The zero-order chi connectivity index (χ0) is 10.7. The summed E-state index contributed by atoms with van der Waals surface area (Å²) in [5.41, 5.74) is 7.86. The fourth-order valence-corrected chi connectivity index (χ4v) is 2.15. The molecule has 90 valence electrons. The van der Waals surface area contributed by atoms with Crippen molar-refractivity contribution >= 4 is 18.1 Å². The van der Waals surface area contributed by atoms with Gasteiger partial charge >= 0.3 is 0 Å². The van der Waals surface area contributed by atoms with Crippen molar-refractivity contribution in [3.05, 3.63) is 29.8 Å². The van der Waals surface area contributed by atoms with Crippen molar-refractivity contribution in [3.8, 4) is 0 Å². The van der Waals surface area contributed by atoms with Crippen LogP contribution in [0.25, 0.3) is 0 Å². The van der Waals surface area contributed by atoms with Crippen LogP contribution in [0, 0.1) is 5.92 Å². The number of nitrogens with zero attached hydrogens (tertiary/aromatic N) is 1. The van der Waals surface area contributed by atoms with Crippen molar-refractivity contribution in [2.75, 3.05) is 18.8 Å². The average Bonchev–Trinajstić information content (AvgIpc) is 2.64. The molecule has 0 spiro atoms. The third-order valence-corrected chi connectivity index (χ3v) is 3.14. The molecule has 1 atom stereocenters. The Labute approximate surface area is 103 Å². The fraction of sp³-hybridized carbons (Fsp3) is 0.500. The van der Waals surface area contributed by atoms with E-state index in [0.29, 0.717) is 0 Å². The molecule has 3 nitrogen and oxygen atoms in total. The number of nitrogen functional groups attached to an aromatic ring is 1. The number of halogens is 1. The summed E-state index contributed by atoms with van der Waals surface area (Å²) < 4.78 is 0. The summed E-state index contributed by atoms with van der Waals surface area (Å²) in [6.07, 6.45) is 3.61. The molecule has 1 aliphatic heterocycles. The first-order chi connectivity index (χ1) is 7.24. The Kier molecular flexibility index (Phi) is 5.06. The number of nitrogens with two attached hydrogens (primary N) is 2. The van der Waals surface area contributed by atoms with Gasteiger partial charge in [-0.3, -0.25) is 5.84 Å². The largest absolute Gasteiger partial charge is 0.399 e. The van der Waals surface area contributed by atoms with Gasteiger partial charge in [-0.05, 0) is 42.9 Å². The first-order valence-corrected chi connectivity index (χ1v) is 5.58. The Hall–Kier alpha value is -0.770. The topological polar surface area (TPSA) is 55.3 Å². The summed E-state index contributed by atoms with van der Waals surface area (Å²) in [6, 6.07) is 8.17. The molecule has 0 bridgehead atoms. The van der Waals surface area contributed by atoms with Crippen LogP contribution in [0.1, 0.15) is 18.4 Å². The highest BCUT2D eigenvalue weighted by Gasteiger charge is 2.19. The summed E-state index contributed by atoms with van der Waals surface area (Å²) in [5.74, 6) is 6.50. The van der Waals surface area contributed by atoms with E-state index < -0.39 is 0 Å². The fourth-order valence-electron chi connectivity index (χ4n) is 2.15. The molecule has 1 aromatic rings. The van der Waals surface area contributed by atoms with Crippen LogP contribution >= 0.6 is 12.4 Å². The second kappa shape index (κ2) is 6.09. The van der Waals surface area contributed by atoms with E-state index in [-0.39, 0.29) is 12.4 Å². The summed E-state index contributed by atoms with van der Waals surface area (Å²) in [5, 5.41) is 1.92. The second-order valence-corrected chi connectivity index (χ2v) is 4.43. The molecule has 0 amide bonds. The predicted octanol–water partition coefficient (Wildman–Crippen LogP) is 1.82. The smallest absolute Gasteiger partial charge is 0.0314 e. The molecule has 1 heterocycles. The zero-order valence-electron chi connectivity index (χ0n) is 9.43. The van der Waals surface area contributed by atoms with Crippen LogP contribution in [0.5, 0.6) is 0 Å². The molecule has 0 saturated carbocycles. The third kappa shape index (κ3) is 3.67. The van der Waals surface area contributed by atoms with Gasteiger partial charge in [0.25, 0.3) is 0 Å². The first kappa shape index (κ1) is 13.3. The van der Waals surface area contributed by atoms with Gasteiger partial charge in [0.2, 0.25) is 0 Å². The van der Waals surface area contributed by atoms with Crippen molar-refractivity contribution in [1.82, 2.24) is 5.01 Å². The van der Waals surface area contributed by atoms with Gasteiger partial charge in [-0.2, -0.15) is 0 Å². The summed E-state index contributed by atoms with van der Waals surface area (Å²) >= 11 is 0. The highest BCUT2D eigenvalue weighted by molar-refractivity contribution is 5.85. The highest BCUT2D eigenvalue weighted by Crippen LogP contribution is 2.19. The van der Waals surface area contributed by atoms with Gasteiger partial charge in [-0.1, -0.05) is 12.1 Å². The number of hydrazine groups is 1. The first-order valence-electron chi connectivity index (χ1n) is 5.58. The molecular weight excluding hydrogens is 222 g/mol. The van der Waals surface area contributed by atoms with Gasteiger partial charge in [0, 0.05) is 18.8 Å². The maximum atomic E-state index is 5.73. The molecule has 0 aliphatic carbocycles. The Balaban J connectivity index is 0.00000128. The van der Waals surface area contributed by atoms with Crippen LogP contribution in [0.15, 0.2) is 24.3 Å². The molecular formula is C12H20ClN3. The molecule has 4 N–H and O–H groups in total. The minimum absolute atomic E-state index is 0. The maximum absolute atomic E-state index is 5.73. The van der Waals surface area contributed by atoms with Gasteiger partial charge < -0.3 is 5.73 Å². The van der Waals surface area contributed by atoms with Gasteiger partial charge in [0.15, 0.2) is 0 Å². The summed E-state index contributed by atoms with van der Waals surface area (Å²) in [7, 11) is 0. The quantitative estimate of drug-likeness (QED) is 0.627. The molecule has 1 fully saturated rings. The maximum Gasteiger partial charge on any atom is 0.0314 e. The molecule has 1 saturated heterocycles. The molecule has 0 radical (unpaired) electrons. The van der Waals surface area contributed by atoms with Crippen LogP contribution in [0.2, 0.25) is 0 Å². The van der Waals surface area contributed by atoms with Crippen molar-refractivity contribution in [3.63, 3.8) is 0 Å². The molecule has 4 heteroatoms. The highest BCUT2D eigenvalue weighted by atomic mass is 35.5. The van der Waals surface area contributed by atoms with Gasteiger partial charge in [-0.25, -0.2) is 5.01 Å². The molecule has 1 unspecified atom stereocenters. The number of hydrogen-bond acceptors (Lipinski definition) is 3. The molecule has 0 aromatic heterocycles. The van der Waals surface area contributed by atoms with E-state index in [1.165, 1.54) is 18.4 Å². The monoisotopic (exact) mass is 241 g/mol. The lowest BCUT2D eigenvalue weighted by Crippen LogP contribution is -2.27. The Bertz CT molecular complexity index is 313. The van der Waals surface area contributed by atoms with Crippen molar-refractivity contribution in [2.24, 2.45) is 11.8 Å². The lowest BCUT2D eigenvalue weighted by atomic mass is 9.99. The Morgan fingerprint density at radius 2 is 1.94 bits per heavy atom. The number of hydrogen-bond donors (Lipinski definition) is 2. The number of rotatable bonds is 3.